The van der Waals surface area contributed by atoms with Crippen LogP contribution >= 0.6 is 0 Å². The topological polar surface area (TPSA) is 136 Å². The number of amides is 1. The van der Waals surface area contributed by atoms with Crippen LogP contribution in [0.3, 0.4) is 0 Å². The molecule has 1 saturated heterocycles. The molecule has 0 aromatic heterocycles. The van der Waals surface area contributed by atoms with Crippen molar-refractivity contribution in [3.05, 3.63) is 28.3 Å². The van der Waals surface area contributed by atoms with Crippen LogP contribution in [0.4, 0.5) is 11.4 Å². The Morgan fingerprint density at radius 2 is 2.10 bits per heavy atom. The van der Waals surface area contributed by atoms with Crippen LogP contribution in [0.15, 0.2) is 23.1 Å². The van der Waals surface area contributed by atoms with Crippen LogP contribution in [0.2, 0.25) is 0 Å². The number of nitro groups is 1. The Bertz CT molecular complexity index is 688. The second-order valence-corrected chi connectivity index (χ2v) is 6.40. The van der Waals surface area contributed by atoms with Gasteiger partial charge in [0, 0.05) is 13.1 Å². The van der Waals surface area contributed by atoms with Crippen molar-refractivity contribution in [2.75, 3.05) is 25.4 Å². The van der Waals surface area contributed by atoms with Crippen molar-refractivity contribution in [2.24, 2.45) is 0 Å². The van der Waals surface area contributed by atoms with Gasteiger partial charge in [-0.25, -0.2) is 8.42 Å². The number of nitrogens with zero attached hydrogens (tertiary/aromatic N) is 2. The van der Waals surface area contributed by atoms with E-state index in [2.05, 4.69) is 5.32 Å². The zero-order valence-electron chi connectivity index (χ0n) is 11.0. The molecule has 1 aliphatic rings. The number of hydrogen-bond donors (Lipinski definition) is 2. The summed E-state index contributed by atoms with van der Waals surface area (Å²) >= 11 is 0. The Morgan fingerprint density at radius 3 is 2.76 bits per heavy atom. The second kappa shape index (κ2) is 5.66. The van der Waals surface area contributed by atoms with Gasteiger partial charge >= 0.3 is 5.69 Å². The number of carbonyl (C=O) groups is 1. The van der Waals surface area contributed by atoms with Crippen molar-refractivity contribution in [1.82, 2.24) is 9.62 Å². The Labute approximate surface area is 120 Å². The van der Waals surface area contributed by atoms with Crippen LogP contribution in [0, 0.1) is 10.1 Å². The molecule has 1 aliphatic heterocycles. The average molecular weight is 314 g/mol. The number of carbonyl (C=O) groups excluding carboxylic acids is 1. The van der Waals surface area contributed by atoms with Crippen molar-refractivity contribution in [1.29, 1.82) is 0 Å². The second-order valence-electron chi connectivity index (χ2n) is 4.49. The summed E-state index contributed by atoms with van der Waals surface area (Å²) in [7, 11) is -4.17. The molecule has 0 unspecified atom stereocenters. The van der Waals surface area contributed by atoms with Gasteiger partial charge in [0.25, 0.3) is 0 Å². The highest BCUT2D eigenvalue weighted by Gasteiger charge is 2.34. The van der Waals surface area contributed by atoms with Crippen LogP contribution < -0.4 is 11.1 Å². The third-order valence-electron chi connectivity index (χ3n) is 3.06. The number of nitro benzene ring substituents is 1. The zero-order valence-corrected chi connectivity index (χ0v) is 11.8. The third kappa shape index (κ3) is 2.95. The fourth-order valence-electron chi connectivity index (χ4n) is 2.07. The number of nitrogen functional groups attached to an aromatic ring is 1. The standard InChI is InChI=1S/C11H14N4O5S/c12-8-3-1-4-9(11(8)15(17)18)21(19,20)14-6-2-5-13-10(16)7-14/h1,3-4H,2,5-7,12H2,(H,13,16). The summed E-state index contributed by atoms with van der Waals surface area (Å²) in [5.74, 6) is -0.442. The Morgan fingerprint density at radius 1 is 1.38 bits per heavy atom. The number of anilines is 1. The predicted molar refractivity (Wildman–Crippen MR) is 73.9 cm³/mol. The summed E-state index contributed by atoms with van der Waals surface area (Å²) in [6.07, 6.45) is 0.432. The maximum absolute atomic E-state index is 12.5. The molecule has 0 saturated carbocycles. The highest BCUT2D eigenvalue weighted by Crippen LogP contribution is 2.31. The molecule has 10 heteroatoms. The van der Waals surface area contributed by atoms with Crippen LogP contribution in [0.5, 0.6) is 0 Å². The molecule has 0 atom stereocenters. The van der Waals surface area contributed by atoms with E-state index in [9.17, 15) is 23.3 Å². The van der Waals surface area contributed by atoms with E-state index < -0.39 is 31.4 Å². The number of para-hydroxylation sites is 1. The molecule has 2 rings (SSSR count). The van der Waals surface area contributed by atoms with Crippen molar-refractivity contribution < 1.29 is 18.1 Å². The molecule has 9 nitrogen and oxygen atoms in total. The fraction of sp³-hybridized carbons (Fsp3) is 0.364. The van der Waals surface area contributed by atoms with E-state index in [-0.39, 0.29) is 18.8 Å². The summed E-state index contributed by atoms with van der Waals surface area (Å²) < 4.78 is 26.0. The van der Waals surface area contributed by atoms with E-state index >= 15 is 0 Å². The minimum Gasteiger partial charge on any atom is -0.393 e. The lowest BCUT2D eigenvalue weighted by Gasteiger charge is -2.18. The molecule has 0 aliphatic carbocycles. The van der Waals surface area contributed by atoms with E-state index in [0.717, 1.165) is 10.4 Å². The fourth-order valence-corrected chi connectivity index (χ4v) is 3.69. The van der Waals surface area contributed by atoms with Crippen molar-refractivity contribution in [3.63, 3.8) is 0 Å². The van der Waals surface area contributed by atoms with Gasteiger partial charge in [-0.2, -0.15) is 4.31 Å². The number of hydrogen-bond acceptors (Lipinski definition) is 6. The molecule has 0 radical (unpaired) electrons. The number of rotatable bonds is 3. The predicted octanol–water partition coefficient (Wildman–Crippen LogP) is -0.312. The lowest BCUT2D eigenvalue weighted by molar-refractivity contribution is -0.386. The number of nitrogens with one attached hydrogen (secondary N) is 1. The van der Waals surface area contributed by atoms with Gasteiger partial charge in [0.2, 0.25) is 15.9 Å². The number of nitrogens with two attached hydrogens (primary N) is 1. The Kier molecular flexibility index (Phi) is 4.09. The van der Waals surface area contributed by atoms with Gasteiger partial charge < -0.3 is 11.1 Å². The zero-order chi connectivity index (χ0) is 15.6. The quantitative estimate of drug-likeness (QED) is 0.446. The monoisotopic (exact) mass is 314 g/mol. The van der Waals surface area contributed by atoms with Gasteiger partial charge in [-0.1, -0.05) is 6.07 Å². The summed E-state index contributed by atoms with van der Waals surface area (Å²) in [6.45, 7) is 0.102. The van der Waals surface area contributed by atoms with Crippen molar-refractivity contribution in [3.8, 4) is 0 Å². The van der Waals surface area contributed by atoms with Crippen LogP contribution in [0.25, 0.3) is 0 Å². The molecule has 21 heavy (non-hydrogen) atoms. The maximum atomic E-state index is 12.5. The molecule has 114 valence electrons. The largest absolute Gasteiger partial charge is 0.393 e. The van der Waals surface area contributed by atoms with E-state index in [0.29, 0.717) is 13.0 Å². The maximum Gasteiger partial charge on any atom is 0.312 e. The Balaban J connectivity index is 2.51. The highest BCUT2D eigenvalue weighted by atomic mass is 32.2. The Hall–Kier alpha value is -2.20. The molecular weight excluding hydrogens is 300 g/mol. The molecule has 1 fully saturated rings. The molecule has 1 heterocycles. The summed E-state index contributed by atoms with van der Waals surface area (Å²) in [4.78, 5) is 21.2. The number of sulfonamides is 1. The van der Waals surface area contributed by atoms with Crippen molar-refractivity contribution >= 4 is 27.3 Å². The van der Waals surface area contributed by atoms with Gasteiger partial charge in [0.1, 0.15) is 5.69 Å². The first-order chi connectivity index (χ1) is 9.84. The van der Waals surface area contributed by atoms with Gasteiger partial charge in [-0.15, -0.1) is 0 Å². The molecule has 1 amide bonds. The average Bonchev–Trinajstić information content (AvgIpc) is 2.63. The minimum atomic E-state index is -4.17. The molecular formula is C11H14N4O5S. The third-order valence-corrected chi connectivity index (χ3v) is 4.93. The summed E-state index contributed by atoms with van der Waals surface area (Å²) in [5, 5.41) is 13.6. The minimum absolute atomic E-state index is 0.104. The van der Waals surface area contributed by atoms with E-state index in [1.54, 1.807) is 0 Å². The summed E-state index contributed by atoms with van der Waals surface area (Å²) in [5.41, 5.74) is 4.60. The van der Waals surface area contributed by atoms with Gasteiger partial charge in [-0.05, 0) is 18.6 Å². The SMILES string of the molecule is Nc1cccc(S(=O)(=O)N2CCCNC(=O)C2)c1[N+](=O)[O-]. The molecule has 1 aromatic rings. The smallest absolute Gasteiger partial charge is 0.312 e. The lowest BCUT2D eigenvalue weighted by Crippen LogP contribution is -2.37. The van der Waals surface area contributed by atoms with Crippen LogP contribution in [0.1, 0.15) is 6.42 Å². The lowest BCUT2D eigenvalue weighted by atomic mass is 10.3. The molecule has 3 N–H and O–H groups in total. The normalized spacial score (nSPS) is 17.0. The van der Waals surface area contributed by atoms with Gasteiger partial charge in [0.05, 0.1) is 11.5 Å². The first-order valence-corrected chi connectivity index (χ1v) is 7.58. The van der Waals surface area contributed by atoms with Crippen LogP contribution in [-0.2, 0) is 14.8 Å². The van der Waals surface area contributed by atoms with Crippen molar-refractivity contribution in [2.45, 2.75) is 11.3 Å². The van der Waals surface area contributed by atoms with E-state index in [4.69, 9.17) is 5.73 Å². The van der Waals surface area contributed by atoms with E-state index in [1.165, 1.54) is 12.1 Å². The first kappa shape index (κ1) is 15.2. The summed E-state index contributed by atoms with van der Waals surface area (Å²) in [6, 6.07) is 3.70. The molecule has 0 spiro atoms. The number of benzene rings is 1. The van der Waals surface area contributed by atoms with Gasteiger partial charge in [0.15, 0.2) is 4.90 Å². The first-order valence-electron chi connectivity index (χ1n) is 6.14. The highest BCUT2D eigenvalue weighted by molar-refractivity contribution is 7.89. The molecule has 1 aromatic carbocycles. The van der Waals surface area contributed by atoms with Crippen LogP contribution in [-0.4, -0.2) is 43.2 Å². The van der Waals surface area contributed by atoms with E-state index in [1.807, 2.05) is 0 Å². The molecule has 0 bridgehead atoms. The van der Waals surface area contributed by atoms with Gasteiger partial charge in [-0.3, -0.25) is 14.9 Å².